The molecule has 0 saturated carbocycles. The molecule has 2 heteroatoms. The summed E-state index contributed by atoms with van der Waals surface area (Å²) in [6, 6.07) is 4.00. The zero-order valence-electron chi connectivity index (χ0n) is 8.00. The normalized spacial score (nSPS) is 9.62. The maximum atomic E-state index is 5.21. The lowest BCUT2D eigenvalue weighted by molar-refractivity contribution is 0.153. The average Bonchev–Trinajstić information content (AvgIpc) is 2.09. The summed E-state index contributed by atoms with van der Waals surface area (Å²) >= 11 is 0. The minimum Gasteiger partial charge on any atom is -0.364 e. The smallest absolute Gasteiger partial charge is 0.107 e. The van der Waals surface area contributed by atoms with E-state index in [0.29, 0.717) is 13.2 Å². The number of hydrogen-bond donors (Lipinski definition) is 0. The first-order valence-corrected chi connectivity index (χ1v) is 4.18. The number of aromatic nitrogens is 1. The maximum absolute atomic E-state index is 5.21. The molecule has 0 aliphatic rings. The highest BCUT2D eigenvalue weighted by Gasteiger charge is 1.98. The minimum atomic E-state index is 0.354. The van der Waals surface area contributed by atoms with Crippen LogP contribution in [0.2, 0.25) is 0 Å². The molecule has 13 heavy (non-hydrogen) atoms. The molecule has 0 atom stereocenters. The van der Waals surface area contributed by atoms with Crippen LogP contribution in [-0.4, -0.2) is 11.6 Å². The van der Waals surface area contributed by atoms with Crippen LogP contribution >= 0.6 is 0 Å². The molecule has 0 aliphatic carbocycles. The third kappa shape index (κ3) is 2.89. The largest absolute Gasteiger partial charge is 0.364 e. The highest BCUT2D eigenvalue weighted by Crippen LogP contribution is 2.07. The highest BCUT2D eigenvalue weighted by molar-refractivity contribution is 5.20. The SMILES string of the molecule is C#CCOCc1ccc(C)nc1C. The quantitative estimate of drug-likeness (QED) is 0.516. The van der Waals surface area contributed by atoms with Crippen molar-refractivity contribution >= 4 is 0 Å². The van der Waals surface area contributed by atoms with Crippen molar-refractivity contribution < 1.29 is 4.74 Å². The first-order chi connectivity index (χ1) is 6.24. The fourth-order valence-corrected chi connectivity index (χ4v) is 1.09. The fraction of sp³-hybridized carbons (Fsp3) is 0.364. The Morgan fingerprint density at radius 3 is 2.85 bits per heavy atom. The molecule has 1 aromatic heterocycles. The molecule has 1 heterocycles. The number of hydrogen-bond acceptors (Lipinski definition) is 2. The molecule has 0 bridgehead atoms. The molecule has 1 aromatic rings. The summed E-state index contributed by atoms with van der Waals surface area (Å²) < 4.78 is 5.21. The van der Waals surface area contributed by atoms with Crippen molar-refractivity contribution in [1.82, 2.24) is 4.98 Å². The number of pyridine rings is 1. The molecular weight excluding hydrogens is 162 g/mol. The second kappa shape index (κ2) is 4.64. The van der Waals surface area contributed by atoms with Crippen LogP contribution in [0.5, 0.6) is 0 Å². The second-order valence-corrected chi connectivity index (χ2v) is 2.89. The third-order valence-corrected chi connectivity index (χ3v) is 1.78. The first-order valence-electron chi connectivity index (χ1n) is 4.18. The van der Waals surface area contributed by atoms with Crippen LogP contribution in [0.25, 0.3) is 0 Å². The van der Waals surface area contributed by atoms with Gasteiger partial charge >= 0.3 is 0 Å². The molecule has 68 valence electrons. The molecule has 0 N–H and O–H groups in total. The van der Waals surface area contributed by atoms with E-state index in [9.17, 15) is 0 Å². The van der Waals surface area contributed by atoms with Gasteiger partial charge in [-0.3, -0.25) is 4.98 Å². The van der Waals surface area contributed by atoms with Crippen LogP contribution in [0.15, 0.2) is 12.1 Å². The Bertz CT molecular complexity index is 325. The van der Waals surface area contributed by atoms with Gasteiger partial charge in [-0.05, 0) is 25.5 Å². The van der Waals surface area contributed by atoms with Crippen molar-refractivity contribution in [3.63, 3.8) is 0 Å². The van der Waals surface area contributed by atoms with Crippen LogP contribution in [0.4, 0.5) is 0 Å². The van der Waals surface area contributed by atoms with Crippen molar-refractivity contribution in [2.75, 3.05) is 6.61 Å². The molecule has 0 saturated heterocycles. The fourth-order valence-electron chi connectivity index (χ4n) is 1.09. The molecule has 0 aliphatic heterocycles. The van der Waals surface area contributed by atoms with Gasteiger partial charge in [0, 0.05) is 11.4 Å². The zero-order valence-corrected chi connectivity index (χ0v) is 8.00. The lowest BCUT2D eigenvalue weighted by Gasteiger charge is -2.04. The van der Waals surface area contributed by atoms with Gasteiger partial charge in [0.1, 0.15) is 6.61 Å². The van der Waals surface area contributed by atoms with Crippen molar-refractivity contribution in [1.29, 1.82) is 0 Å². The number of ether oxygens (including phenoxy) is 1. The van der Waals surface area contributed by atoms with E-state index in [1.54, 1.807) is 0 Å². The summed E-state index contributed by atoms with van der Waals surface area (Å²) in [4.78, 5) is 4.32. The Morgan fingerprint density at radius 2 is 2.23 bits per heavy atom. The van der Waals surface area contributed by atoms with Gasteiger partial charge in [-0.15, -0.1) is 6.42 Å². The molecule has 1 rings (SSSR count). The summed E-state index contributed by atoms with van der Waals surface area (Å²) in [5.74, 6) is 2.43. The molecule has 0 aromatic carbocycles. The van der Waals surface area contributed by atoms with E-state index in [0.717, 1.165) is 17.0 Å². The van der Waals surface area contributed by atoms with Gasteiger partial charge < -0.3 is 4.74 Å². The van der Waals surface area contributed by atoms with Crippen LogP contribution in [0.1, 0.15) is 17.0 Å². The summed E-state index contributed by atoms with van der Waals surface area (Å²) in [5.41, 5.74) is 3.14. The van der Waals surface area contributed by atoms with Crippen LogP contribution in [-0.2, 0) is 11.3 Å². The van der Waals surface area contributed by atoms with E-state index in [-0.39, 0.29) is 0 Å². The Kier molecular flexibility index (Phi) is 3.48. The zero-order chi connectivity index (χ0) is 9.68. The molecular formula is C11H13NO. The summed E-state index contributed by atoms with van der Waals surface area (Å²) in [5, 5.41) is 0. The molecule has 0 radical (unpaired) electrons. The molecule has 0 spiro atoms. The van der Waals surface area contributed by atoms with E-state index in [4.69, 9.17) is 11.2 Å². The summed E-state index contributed by atoms with van der Waals surface area (Å²) in [6.45, 7) is 4.84. The Hall–Kier alpha value is -1.33. The topological polar surface area (TPSA) is 22.1 Å². The molecule has 0 unspecified atom stereocenters. The van der Waals surface area contributed by atoms with Gasteiger partial charge in [-0.2, -0.15) is 0 Å². The van der Waals surface area contributed by atoms with Crippen molar-refractivity contribution in [3.8, 4) is 12.3 Å². The number of aryl methyl sites for hydroxylation is 2. The molecule has 2 nitrogen and oxygen atoms in total. The van der Waals surface area contributed by atoms with Crippen molar-refractivity contribution in [2.45, 2.75) is 20.5 Å². The summed E-state index contributed by atoms with van der Waals surface area (Å²) in [6.07, 6.45) is 5.06. The first kappa shape index (κ1) is 9.76. The monoisotopic (exact) mass is 175 g/mol. The van der Waals surface area contributed by atoms with Gasteiger partial charge in [0.05, 0.1) is 6.61 Å². The number of terminal acetylenes is 1. The number of nitrogens with zero attached hydrogens (tertiary/aromatic N) is 1. The van der Waals surface area contributed by atoms with Crippen LogP contribution in [0, 0.1) is 26.2 Å². The van der Waals surface area contributed by atoms with E-state index >= 15 is 0 Å². The van der Waals surface area contributed by atoms with Gasteiger partial charge in [0.15, 0.2) is 0 Å². The number of rotatable bonds is 3. The average molecular weight is 175 g/mol. The molecule has 0 amide bonds. The van der Waals surface area contributed by atoms with Crippen molar-refractivity contribution in [2.24, 2.45) is 0 Å². The third-order valence-electron chi connectivity index (χ3n) is 1.78. The Balaban J connectivity index is 2.62. The predicted molar refractivity (Wildman–Crippen MR) is 52.2 cm³/mol. The summed E-state index contributed by atoms with van der Waals surface area (Å²) in [7, 11) is 0. The van der Waals surface area contributed by atoms with E-state index < -0.39 is 0 Å². The van der Waals surface area contributed by atoms with E-state index in [2.05, 4.69) is 10.9 Å². The maximum Gasteiger partial charge on any atom is 0.107 e. The molecule has 0 fully saturated rings. The van der Waals surface area contributed by atoms with Crippen LogP contribution in [0.3, 0.4) is 0 Å². The lowest BCUT2D eigenvalue weighted by atomic mass is 10.2. The van der Waals surface area contributed by atoms with Crippen LogP contribution < -0.4 is 0 Å². The van der Waals surface area contributed by atoms with Gasteiger partial charge in [-0.1, -0.05) is 12.0 Å². The van der Waals surface area contributed by atoms with E-state index in [1.807, 2.05) is 26.0 Å². The van der Waals surface area contributed by atoms with E-state index in [1.165, 1.54) is 0 Å². The second-order valence-electron chi connectivity index (χ2n) is 2.89. The minimum absolute atomic E-state index is 0.354. The Morgan fingerprint density at radius 1 is 1.46 bits per heavy atom. The standard InChI is InChI=1S/C11H13NO/c1-4-7-13-8-11-6-5-9(2)12-10(11)3/h1,5-6H,7-8H2,2-3H3. The Labute approximate surface area is 79.0 Å². The van der Waals surface area contributed by atoms with Gasteiger partial charge in [-0.25, -0.2) is 0 Å². The van der Waals surface area contributed by atoms with Gasteiger partial charge in [0.2, 0.25) is 0 Å². The lowest BCUT2D eigenvalue weighted by Crippen LogP contribution is -1.98. The van der Waals surface area contributed by atoms with Gasteiger partial charge in [0.25, 0.3) is 0 Å². The predicted octanol–water partition coefficient (Wildman–Crippen LogP) is 1.85. The highest BCUT2D eigenvalue weighted by atomic mass is 16.5. The van der Waals surface area contributed by atoms with Crippen molar-refractivity contribution in [3.05, 3.63) is 29.1 Å².